The molecule has 3 aromatic rings. The summed E-state index contributed by atoms with van der Waals surface area (Å²) in [4.78, 5) is 14.7. The van der Waals surface area contributed by atoms with Crippen LogP contribution < -0.4 is 0 Å². The Morgan fingerprint density at radius 1 is 1.17 bits per heavy atom. The van der Waals surface area contributed by atoms with E-state index >= 15 is 0 Å². The number of aromatic nitrogens is 3. The lowest BCUT2D eigenvalue weighted by atomic mass is 10.2. The lowest BCUT2D eigenvalue weighted by Gasteiger charge is -2.28. The highest BCUT2D eigenvalue weighted by Crippen LogP contribution is 2.30. The Morgan fingerprint density at radius 2 is 1.93 bits per heavy atom. The zero-order chi connectivity index (χ0) is 20.2. The van der Waals surface area contributed by atoms with Crippen molar-refractivity contribution in [2.24, 2.45) is 0 Å². The third kappa shape index (κ3) is 4.73. The van der Waals surface area contributed by atoms with E-state index in [1.54, 1.807) is 0 Å². The first-order valence-electron chi connectivity index (χ1n) is 9.38. The van der Waals surface area contributed by atoms with E-state index in [0.717, 1.165) is 5.56 Å². The first-order valence-corrected chi connectivity index (χ1v) is 11.0. The smallest absolute Gasteiger partial charge is 0.236 e. The number of hydrogen-bond acceptors (Lipinski definition) is 6. The van der Waals surface area contributed by atoms with E-state index in [9.17, 15) is 4.79 Å². The van der Waals surface area contributed by atoms with Gasteiger partial charge in [-0.15, -0.1) is 10.2 Å². The number of morpholine rings is 1. The van der Waals surface area contributed by atoms with E-state index in [-0.39, 0.29) is 11.2 Å². The second kappa shape index (κ2) is 9.15. The Bertz CT molecular complexity index is 969. The molecule has 0 radical (unpaired) electrons. The molecule has 1 unspecified atom stereocenters. The SMILES string of the molecule is CC(Sc1nnc(-c2ccc(Br)o2)n1Cc1ccccc1)C(=O)N1CCOCC1. The van der Waals surface area contributed by atoms with Gasteiger partial charge in [-0.25, -0.2) is 0 Å². The van der Waals surface area contributed by atoms with Crippen LogP contribution in [0.3, 0.4) is 0 Å². The van der Waals surface area contributed by atoms with Crippen LogP contribution >= 0.6 is 27.7 Å². The number of rotatable bonds is 6. The second-order valence-corrected chi connectivity index (χ2v) is 8.77. The lowest BCUT2D eigenvalue weighted by Crippen LogP contribution is -2.44. The van der Waals surface area contributed by atoms with Crippen molar-refractivity contribution in [2.75, 3.05) is 26.3 Å². The summed E-state index contributed by atoms with van der Waals surface area (Å²) in [5, 5.41) is 9.13. The number of halogens is 1. The number of carbonyl (C=O) groups excluding carboxylic acids is 1. The molecule has 1 amide bonds. The van der Waals surface area contributed by atoms with Gasteiger partial charge in [0.1, 0.15) is 0 Å². The van der Waals surface area contributed by atoms with E-state index in [1.807, 2.05) is 46.7 Å². The van der Waals surface area contributed by atoms with E-state index in [1.165, 1.54) is 11.8 Å². The monoisotopic (exact) mass is 476 g/mol. The molecule has 3 heterocycles. The van der Waals surface area contributed by atoms with Crippen molar-refractivity contribution in [3.8, 4) is 11.6 Å². The van der Waals surface area contributed by atoms with E-state index < -0.39 is 0 Å². The summed E-state index contributed by atoms with van der Waals surface area (Å²) < 4.78 is 13.7. The van der Waals surface area contributed by atoms with Crippen LogP contribution in [0.1, 0.15) is 12.5 Å². The van der Waals surface area contributed by atoms with Crippen LogP contribution in [-0.2, 0) is 16.1 Å². The third-order valence-electron chi connectivity index (χ3n) is 4.65. The van der Waals surface area contributed by atoms with Crippen LogP contribution in [0.4, 0.5) is 0 Å². The van der Waals surface area contributed by atoms with E-state index in [4.69, 9.17) is 9.15 Å². The van der Waals surface area contributed by atoms with Crippen LogP contribution in [-0.4, -0.2) is 57.1 Å². The minimum Gasteiger partial charge on any atom is -0.446 e. The minimum absolute atomic E-state index is 0.0925. The minimum atomic E-state index is -0.275. The van der Waals surface area contributed by atoms with Crippen LogP contribution in [0.2, 0.25) is 0 Å². The maximum Gasteiger partial charge on any atom is 0.236 e. The number of amides is 1. The lowest BCUT2D eigenvalue weighted by molar-refractivity contribution is -0.134. The number of furan rings is 1. The first-order chi connectivity index (χ1) is 14.1. The average molecular weight is 477 g/mol. The Morgan fingerprint density at radius 3 is 2.62 bits per heavy atom. The topological polar surface area (TPSA) is 73.4 Å². The standard InChI is InChI=1S/C20H21BrN4O3S/c1-14(19(26)24-9-11-27-12-10-24)29-20-23-22-18(16-7-8-17(21)28-16)25(20)13-15-5-3-2-4-6-15/h2-8,14H,9-13H2,1H3. The molecule has 1 aliphatic heterocycles. The van der Waals surface area contributed by atoms with Crippen molar-refractivity contribution in [1.29, 1.82) is 0 Å². The molecule has 29 heavy (non-hydrogen) atoms. The summed E-state index contributed by atoms with van der Waals surface area (Å²) in [6.45, 7) is 4.93. The van der Waals surface area contributed by atoms with Gasteiger partial charge in [0.15, 0.2) is 15.6 Å². The fourth-order valence-electron chi connectivity index (χ4n) is 3.15. The van der Waals surface area contributed by atoms with Gasteiger partial charge in [-0.05, 0) is 40.5 Å². The molecule has 1 aromatic carbocycles. The molecule has 1 aliphatic rings. The van der Waals surface area contributed by atoms with Crippen molar-refractivity contribution >= 4 is 33.6 Å². The molecule has 2 aromatic heterocycles. The fourth-order valence-corrected chi connectivity index (χ4v) is 4.39. The molecule has 1 fully saturated rings. The quantitative estimate of drug-likeness (QED) is 0.505. The number of nitrogens with zero attached hydrogens (tertiary/aromatic N) is 4. The van der Waals surface area contributed by atoms with Gasteiger partial charge < -0.3 is 14.1 Å². The highest BCUT2D eigenvalue weighted by atomic mass is 79.9. The van der Waals surface area contributed by atoms with Gasteiger partial charge in [-0.2, -0.15) is 0 Å². The summed E-state index contributed by atoms with van der Waals surface area (Å²) in [5.74, 6) is 1.35. The number of benzene rings is 1. The molecule has 0 bridgehead atoms. The summed E-state index contributed by atoms with van der Waals surface area (Å²) in [6, 6.07) is 13.8. The predicted octanol–water partition coefficient (Wildman–Crippen LogP) is 3.69. The largest absolute Gasteiger partial charge is 0.446 e. The molecular weight excluding hydrogens is 456 g/mol. The van der Waals surface area contributed by atoms with Gasteiger partial charge >= 0.3 is 0 Å². The Balaban J connectivity index is 1.60. The number of ether oxygens (including phenoxy) is 1. The highest BCUT2D eigenvalue weighted by molar-refractivity contribution is 9.10. The number of carbonyl (C=O) groups is 1. The molecule has 0 N–H and O–H groups in total. The molecule has 152 valence electrons. The Labute approximate surface area is 181 Å². The van der Waals surface area contributed by atoms with Crippen LogP contribution in [0.15, 0.2) is 56.7 Å². The zero-order valence-electron chi connectivity index (χ0n) is 16.0. The van der Waals surface area contributed by atoms with Crippen LogP contribution in [0.25, 0.3) is 11.6 Å². The fraction of sp³-hybridized carbons (Fsp3) is 0.350. The Hall–Kier alpha value is -2.10. The van der Waals surface area contributed by atoms with Gasteiger partial charge in [0, 0.05) is 13.1 Å². The van der Waals surface area contributed by atoms with Gasteiger partial charge in [0.05, 0.1) is 25.0 Å². The second-order valence-electron chi connectivity index (χ2n) is 6.68. The molecule has 1 atom stereocenters. The maximum absolute atomic E-state index is 12.8. The van der Waals surface area contributed by atoms with Gasteiger partial charge in [-0.3, -0.25) is 9.36 Å². The zero-order valence-corrected chi connectivity index (χ0v) is 18.4. The summed E-state index contributed by atoms with van der Waals surface area (Å²) in [5.41, 5.74) is 1.12. The van der Waals surface area contributed by atoms with Crippen molar-refractivity contribution in [3.63, 3.8) is 0 Å². The van der Waals surface area contributed by atoms with Crippen molar-refractivity contribution in [2.45, 2.75) is 23.9 Å². The van der Waals surface area contributed by atoms with Crippen LogP contribution in [0.5, 0.6) is 0 Å². The summed E-state index contributed by atoms with van der Waals surface area (Å²) in [7, 11) is 0. The molecule has 7 nitrogen and oxygen atoms in total. The first kappa shape index (κ1) is 20.2. The normalized spacial score (nSPS) is 15.4. The van der Waals surface area contributed by atoms with E-state index in [0.29, 0.717) is 54.3 Å². The third-order valence-corrected chi connectivity index (χ3v) is 6.14. The molecule has 0 spiro atoms. The average Bonchev–Trinajstić information content (AvgIpc) is 3.35. The van der Waals surface area contributed by atoms with Gasteiger partial charge in [0.25, 0.3) is 0 Å². The van der Waals surface area contributed by atoms with E-state index in [2.05, 4.69) is 38.3 Å². The van der Waals surface area contributed by atoms with Crippen molar-refractivity contribution in [1.82, 2.24) is 19.7 Å². The number of hydrogen-bond donors (Lipinski definition) is 0. The molecule has 9 heteroatoms. The predicted molar refractivity (Wildman–Crippen MR) is 114 cm³/mol. The molecule has 0 saturated carbocycles. The molecule has 0 aliphatic carbocycles. The summed E-state index contributed by atoms with van der Waals surface area (Å²) >= 11 is 4.76. The van der Waals surface area contributed by atoms with Crippen molar-refractivity contribution in [3.05, 3.63) is 52.7 Å². The highest BCUT2D eigenvalue weighted by Gasteiger charge is 2.26. The molecule has 1 saturated heterocycles. The van der Waals surface area contributed by atoms with Gasteiger partial charge in [0.2, 0.25) is 11.7 Å². The molecular formula is C20H21BrN4O3S. The molecule has 4 rings (SSSR count). The number of thioether (sulfide) groups is 1. The van der Waals surface area contributed by atoms with Gasteiger partial charge in [-0.1, -0.05) is 42.1 Å². The van der Waals surface area contributed by atoms with Crippen molar-refractivity contribution < 1.29 is 13.9 Å². The maximum atomic E-state index is 12.8. The van der Waals surface area contributed by atoms with Crippen LogP contribution in [0, 0.1) is 0 Å². The summed E-state index contributed by atoms with van der Waals surface area (Å²) in [6.07, 6.45) is 0. The Kier molecular flexibility index (Phi) is 6.37.